The summed E-state index contributed by atoms with van der Waals surface area (Å²) < 4.78 is 5.69. The Morgan fingerprint density at radius 1 is 1.13 bits per heavy atom. The molecule has 4 aliphatic carbocycles. The first-order valence-corrected chi connectivity index (χ1v) is 6.93. The predicted octanol–water partition coefficient (Wildman–Crippen LogP) is 3.80. The molecule has 0 spiro atoms. The lowest BCUT2D eigenvalue weighted by molar-refractivity contribution is -0.128. The minimum atomic E-state index is 0.364. The van der Waals surface area contributed by atoms with Crippen LogP contribution in [0.4, 0.5) is 0 Å². The van der Waals surface area contributed by atoms with Crippen LogP contribution in [0, 0.1) is 23.2 Å². The van der Waals surface area contributed by atoms with E-state index in [1.165, 1.54) is 38.5 Å². The van der Waals surface area contributed by atoms with Gasteiger partial charge in [-0.1, -0.05) is 11.6 Å². The van der Waals surface area contributed by atoms with Crippen molar-refractivity contribution in [2.75, 3.05) is 6.07 Å². The summed E-state index contributed by atoms with van der Waals surface area (Å²) in [5.74, 6) is 3.04. The van der Waals surface area contributed by atoms with Crippen molar-refractivity contribution in [3.8, 4) is 0 Å². The molecule has 1 nitrogen and oxygen atoms in total. The second-order valence-electron chi connectivity index (χ2n) is 6.20. The number of halogens is 1. The van der Waals surface area contributed by atoms with E-state index in [1.807, 2.05) is 0 Å². The molecule has 1 unspecified atom stereocenters. The summed E-state index contributed by atoms with van der Waals surface area (Å²) in [6.45, 7) is 2.25. The molecular formula is C13H21ClO. The second kappa shape index (κ2) is 3.63. The van der Waals surface area contributed by atoms with Crippen molar-refractivity contribution in [3.63, 3.8) is 0 Å². The molecule has 15 heavy (non-hydrogen) atoms. The van der Waals surface area contributed by atoms with Crippen molar-refractivity contribution < 1.29 is 4.74 Å². The lowest BCUT2D eigenvalue weighted by atomic mass is 9.48. The zero-order chi connectivity index (χ0) is 10.5. The van der Waals surface area contributed by atoms with Crippen LogP contribution in [0.15, 0.2) is 0 Å². The molecule has 86 valence electrons. The quantitative estimate of drug-likeness (QED) is 0.668. The van der Waals surface area contributed by atoms with Crippen molar-refractivity contribution in [1.82, 2.24) is 0 Å². The maximum absolute atomic E-state index is 5.71. The van der Waals surface area contributed by atoms with Crippen LogP contribution < -0.4 is 0 Å². The van der Waals surface area contributed by atoms with Gasteiger partial charge in [0.2, 0.25) is 0 Å². The van der Waals surface area contributed by atoms with E-state index in [1.54, 1.807) is 0 Å². The standard InChI is InChI=1S/C13H21ClO/c1-9(15-8-14)13-5-10-2-11(6-13)4-12(3-10)7-13/h9-12H,2-8H2,1H3. The van der Waals surface area contributed by atoms with Gasteiger partial charge >= 0.3 is 0 Å². The summed E-state index contributed by atoms with van der Waals surface area (Å²) in [4.78, 5) is 0. The molecule has 4 aliphatic rings. The van der Waals surface area contributed by atoms with Crippen LogP contribution in [0.3, 0.4) is 0 Å². The van der Waals surface area contributed by atoms with Crippen LogP contribution in [0.5, 0.6) is 0 Å². The fourth-order valence-electron chi connectivity index (χ4n) is 4.95. The number of hydrogen-bond acceptors (Lipinski definition) is 1. The molecule has 0 aliphatic heterocycles. The zero-order valence-corrected chi connectivity index (χ0v) is 10.3. The highest BCUT2D eigenvalue weighted by atomic mass is 35.5. The van der Waals surface area contributed by atoms with Gasteiger partial charge in [0.25, 0.3) is 0 Å². The normalized spacial score (nSPS) is 49.6. The van der Waals surface area contributed by atoms with Crippen molar-refractivity contribution >= 4 is 11.6 Å². The highest BCUT2D eigenvalue weighted by molar-refractivity contribution is 6.17. The fraction of sp³-hybridized carbons (Fsp3) is 1.00. The minimum absolute atomic E-state index is 0.364. The molecular weight excluding hydrogens is 208 g/mol. The van der Waals surface area contributed by atoms with Gasteiger partial charge in [0.05, 0.1) is 6.10 Å². The van der Waals surface area contributed by atoms with Crippen LogP contribution in [0.1, 0.15) is 45.4 Å². The van der Waals surface area contributed by atoms with Crippen molar-refractivity contribution in [1.29, 1.82) is 0 Å². The van der Waals surface area contributed by atoms with Crippen LogP contribution in [-0.4, -0.2) is 12.2 Å². The SMILES string of the molecule is CC(OCCl)C12CC3CC(CC(C3)C1)C2. The number of alkyl halides is 1. The maximum Gasteiger partial charge on any atom is 0.121 e. The van der Waals surface area contributed by atoms with Gasteiger partial charge in [0.1, 0.15) is 6.07 Å². The molecule has 0 saturated heterocycles. The third-order valence-corrected chi connectivity index (χ3v) is 5.39. The summed E-state index contributed by atoms with van der Waals surface area (Å²) in [7, 11) is 0. The third kappa shape index (κ3) is 1.63. The van der Waals surface area contributed by atoms with Crippen molar-refractivity contribution in [3.05, 3.63) is 0 Å². The van der Waals surface area contributed by atoms with Gasteiger partial charge in [0, 0.05) is 0 Å². The van der Waals surface area contributed by atoms with Gasteiger partial charge in [-0.25, -0.2) is 0 Å². The molecule has 4 rings (SSSR count). The highest BCUT2D eigenvalue weighted by Gasteiger charge is 2.53. The second-order valence-corrected chi connectivity index (χ2v) is 6.42. The van der Waals surface area contributed by atoms with Gasteiger partial charge in [-0.2, -0.15) is 0 Å². The van der Waals surface area contributed by atoms with E-state index in [9.17, 15) is 0 Å². The summed E-state index contributed by atoms with van der Waals surface area (Å²) in [5, 5.41) is 0. The van der Waals surface area contributed by atoms with Gasteiger partial charge in [-0.15, -0.1) is 0 Å². The van der Waals surface area contributed by atoms with E-state index >= 15 is 0 Å². The first-order chi connectivity index (χ1) is 7.22. The Kier molecular flexibility index (Phi) is 2.52. The first-order valence-electron chi connectivity index (χ1n) is 6.39. The molecule has 0 radical (unpaired) electrons. The lowest BCUT2D eigenvalue weighted by Crippen LogP contribution is -2.51. The van der Waals surface area contributed by atoms with E-state index < -0.39 is 0 Å². The van der Waals surface area contributed by atoms with Crippen LogP contribution in [-0.2, 0) is 4.74 Å². The molecule has 0 aromatic carbocycles. The van der Waals surface area contributed by atoms with E-state index in [0.717, 1.165) is 17.8 Å². The average Bonchev–Trinajstić information content (AvgIpc) is 2.15. The number of ether oxygens (including phenoxy) is 1. The van der Waals surface area contributed by atoms with E-state index in [0.29, 0.717) is 17.6 Å². The van der Waals surface area contributed by atoms with Crippen molar-refractivity contribution in [2.24, 2.45) is 23.2 Å². The fourth-order valence-corrected chi connectivity index (χ4v) is 5.14. The monoisotopic (exact) mass is 228 g/mol. The molecule has 0 aromatic heterocycles. The summed E-state index contributed by atoms with van der Waals surface area (Å²) in [6.07, 6.45) is 9.14. The highest BCUT2D eigenvalue weighted by Crippen LogP contribution is 2.61. The van der Waals surface area contributed by atoms with E-state index in [4.69, 9.17) is 16.3 Å². The summed E-state index contributed by atoms with van der Waals surface area (Å²) in [6, 6.07) is 0.364. The minimum Gasteiger partial charge on any atom is -0.362 e. The Bertz CT molecular complexity index is 216. The Labute approximate surface area is 97.5 Å². The molecule has 0 aromatic rings. The van der Waals surface area contributed by atoms with Gasteiger partial charge in [-0.3, -0.25) is 0 Å². The van der Waals surface area contributed by atoms with Crippen LogP contribution in [0.25, 0.3) is 0 Å². The topological polar surface area (TPSA) is 9.23 Å². The number of rotatable bonds is 3. The molecule has 4 saturated carbocycles. The molecule has 4 fully saturated rings. The molecule has 1 atom stereocenters. The first kappa shape index (κ1) is 10.4. The molecule has 2 heteroatoms. The smallest absolute Gasteiger partial charge is 0.121 e. The molecule has 4 bridgehead atoms. The molecule has 0 N–H and O–H groups in total. The Balaban J connectivity index is 1.80. The molecule has 0 amide bonds. The van der Waals surface area contributed by atoms with Gasteiger partial charge in [-0.05, 0) is 68.6 Å². The third-order valence-electron chi connectivity index (χ3n) is 5.26. The van der Waals surface area contributed by atoms with E-state index in [2.05, 4.69) is 6.92 Å². The van der Waals surface area contributed by atoms with Crippen molar-refractivity contribution in [2.45, 2.75) is 51.6 Å². The maximum atomic E-state index is 5.71. The Morgan fingerprint density at radius 3 is 2.00 bits per heavy atom. The van der Waals surface area contributed by atoms with Gasteiger partial charge < -0.3 is 4.74 Å². The number of hydrogen-bond donors (Lipinski definition) is 0. The van der Waals surface area contributed by atoms with Crippen LogP contribution in [0.2, 0.25) is 0 Å². The largest absolute Gasteiger partial charge is 0.362 e. The Hall–Kier alpha value is 0.250. The van der Waals surface area contributed by atoms with E-state index in [-0.39, 0.29) is 0 Å². The van der Waals surface area contributed by atoms with Gasteiger partial charge in [0.15, 0.2) is 0 Å². The molecule has 0 heterocycles. The predicted molar refractivity (Wildman–Crippen MR) is 61.9 cm³/mol. The lowest BCUT2D eigenvalue weighted by Gasteiger charge is -2.58. The summed E-state index contributed by atoms with van der Waals surface area (Å²) in [5.41, 5.74) is 0.504. The Morgan fingerprint density at radius 2 is 1.60 bits per heavy atom. The van der Waals surface area contributed by atoms with Crippen LogP contribution >= 0.6 is 11.6 Å². The average molecular weight is 229 g/mol. The summed E-state index contributed by atoms with van der Waals surface area (Å²) >= 11 is 5.71. The zero-order valence-electron chi connectivity index (χ0n) is 9.55.